The van der Waals surface area contributed by atoms with E-state index in [2.05, 4.69) is 301 Å². The van der Waals surface area contributed by atoms with E-state index in [1.165, 1.54) is 25.8 Å². The molecule has 0 atom stereocenters. The summed E-state index contributed by atoms with van der Waals surface area (Å²) in [5.74, 6) is 3.82. The molecule has 14 aromatic rings. The van der Waals surface area contributed by atoms with Gasteiger partial charge in [-0.25, -0.2) is 29.9 Å². The fourth-order valence-corrected chi connectivity index (χ4v) is 11.9. The van der Waals surface area contributed by atoms with Gasteiger partial charge in [0.25, 0.3) is 0 Å². The third-order valence-electron chi connectivity index (χ3n) is 17.0. The van der Waals surface area contributed by atoms with Crippen LogP contribution < -0.4 is 5.46 Å². The van der Waals surface area contributed by atoms with Gasteiger partial charge in [-0.3, -0.25) is 0 Å². The van der Waals surface area contributed by atoms with Gasteiger partial charge in [0.1, 0.15) is 0 Å². The largest absolute Gasteiger partial charge is 0.494 e. The number of rotatable bonds is 12. The van der Waals surface area contributed by atoms with E-state index >= 15 is 0 Å². The second-order valence-electron chi connectivity index (χ2n) is 24.1. The first kappa shape index (κ1) is 65.0. The lowest BCUT2D eigenvalue weighted by Crippen LogP contribution is -2.41. The van der Waals surface area contributed by atoms with Crippen molar-refractivity contribution in [3.05, 3.63) is 328 Å². The van der Waals surface area contributed by atoms with Crippen LogP contribution in [0, 0.1) is 3.57 Å². The van der Waals surface area contributed by atoms with E-state index in [0.717, 1.165) is 81.2 Å². The van der Waals surface area contributed by atoms with Crippen molar-refractivity contribution in [2.75, 3.05) is 0 Å². The maximum absolute atomic E-state index is 6.33. The summed E-state index contributed by atoms with van der Waals surface area (Å²) in [6.45, 7) is 8.30. The van der Waals surface area contributed by atoms with Crippen molar-refractivity contribution in [2.45, 2.75) is 38.9 Å². The number of benzene rings is 12. The van der Waals surface area contributed by atoms with Gasteiger partial charge in [-0.1, -0.05) is 293 Å². The molecule has 12 heteroatoms. The van der Waals surface area contributed by atoms with Crippen molar-refractivity contribution in [3.8, 4) is 124 Å². The smallest absolute Gasteiger partial charge is 0.399 e. The van der Waals surface area contributed by atoms with Crippen LogP contribution in [0.3, 0.4) is 0 Å². The third kappa shape index (κ3) is 15.7. The predicted octanol–water partition coefficient (Wildman–Crippen LogP) is 22.2. The minimum absolute atomic E-state index is 0.400. The van der Waals surface area contributed by atoms with Crippen LogP contribution in [-0.4, -0.2) is 48.2 Å². The van der Waals surface area contributed by atoms with Crippen LogP contribution in [0.1, 0.15) is 27.7 Å². The van der Waals surface area contributed by atoms with Crippen LogP contribution in [0.15, 0.2) is 324 Å². The minimum Gasteiger partial charge on any atom is -0.399 e. The average molecular weight is 1490 g/mol. The number of halogens is 3. The Labute approximate surface area is 592 Å². The van der Waals surface area contributed by atoms with E-state index in [0.29, 0.717) is 34.9 Å². The molecule has 1 saturated heterocycles. The zero-order valence-electron chi connectivity index (χ0n) is 53.2. The molecule has 2 aromatic heterocycles. The fourth-order valence-electron chi connectivity index (χ4n) is 11.1. The van der Waals surface area contributed by atoms with Crippen LogP contribution in [0.25, 0.3) is 124 Å². The highest BCUT2D eigenvalue weighted by molar-refractivity contribution is 14.1. The topological polar surface area (TPSA) is 95.8 Å². The monoisotopic (exact) mass is 1480 g/mol. The van der Waals surface area contributed by atoms with Gasteiger partial charge in [0, 0.05) is 45.9 Å². The molecule has 0 amide bonds. The van der Waals surface area contributed by atoms with Crippen molar-refractivity contribution in [2.24, 2.45) is 0 Å². The van der Waals surface area contributed by atoms with Gasteiger partial charge in [-0.05, 0) is 166 Å². The molecule has 0 unspecified atom stereocenters. The summed E-state index contributed by atoms with van der Waals surface area (Å²) in [5.41, 5.74) is 17.2. The Balaban J connectivity index is 0.000000155. The lowest BCUT2D eigenvalue weighted by atomic mass is 9.78. The van der Waals surface area contributed by atoms with Gasteiger partial charge in [-0.2, -0.15) is 0 Å². The van der Waals surface area contributed by atoms with Gasteiger partial charge in [-0.15, -0.1) is 0 Å². The Kier molecular flexibility index (Phi) is 20.0. The van der Waals surface area contributed by atoms with E-state index in [1.54, 1.807) is 0 Å². The van der Waals surface area contributed by atoms with Crippen molar-refractivity contribution in [1.82, 2.24) is 29.9 Å². The molecule has 1 aliphatic rings. The van der Waals surface area contributed by atoms with E-state index in [4.69, 9.17) is 39.2 Å². The lowest BCUT2D eigenvalue weighted by molar-refractivity contribution is 0.00578. The maximum Gasteiger partial charge on any atom is 0.494 e. The van der Waals surface area contributed by atoms with Crippen molar-refractivity contribution >= 4 is 67.0 Å². The van der Waals surface area contributed by atoms with Gasteiger partial charge in [0.15, 0.2) is 34.9 Å². The summed E-state index contributed by atoms with van der Waals surface area (Å²) < 4.78 is 16.1. The number of hydrogen-bond donors (Lipinski definition) is 0. The molecule has 0 N–H and O–H groups in total. The molecule has 466 valence electrons. The van der Waals surface area contributed by atoms with Crippen LogP contribution in [0.4, 0.5) is 0 Å². The Hall–Kier alpha value is -9.67. The predicted molar refractivity (Wildman–Crippen MR) is 410 cm³/mol. The minimum atomic E-state index is -0.425. The molecule has 1 aliphatic heterocycles. The summed E-state index contributed by atoms with van der Waals surface area (Å²) in [6.07, 6.45) is 0. The first-order valence-electron chi connectivity index (χ1n) is 31.6. The quantitative estimate of drug-likeness (QED) is 0.0882. The zero-order chi connectivity index (χ0) is 66.0. The van der Waals surface area contributed by atoms with Crippen molar-refractivity contribution in [3.63, 3.8) is 0 Å². The van der Waals surface area contributed by atoms with Crippen molar-refractivity contribution < 1.29 is 9.31 Å². The molecule has 15 rings (SSSR count). The molecule has 0 saturated carbocycles. The van der Waals surface area contributed by atoms with Crippen LogP contribution in [-0.2, 0) is 9.31 Å². The van der Waals surface area contributed by atoms with Crippen LogP contribution in [0.2, 0.25) is 0 Å². The summed E-state index contributed by atoms with van der Waals surface area (Å²) >= 11 is 9.15. The highest BCUT2D eigenvalue weighted by Crippen LogP contribution is 2.38. The van der Waals surface area contributed by atoms with E-state index in [-0.39, 0.29) is 0 Å². The number of aromatic nitrogens is 6. The molecule has 0 spiro atoms. The van der Waals surface area contributed by atoms with E-state index < -0.39 is 18.3 Å². The maximum atomic E-state index is 6.33. The molecule has 0 bridgehead atoms. The molecule has 0 aliphatic carbocycles. The summed E-state index contributed by atoms with van der Waals surface area (Å²) in [5, 5.41) is 0. The van der Waals surface area contributed by atoms with Gasteiger partial charge in [0.05, 0.1) is 11.2 Å². The van der Waals surface area contributed by atoms with Gasteiger partial charge < -0.3 is 9.31 Å². The molecule has 0 radical (unpaired) electrons. The molecule has 1 fully saturated rings. The van der Waals surface area contributed by atoms with Crippen LogP contribution in [0.5, 0.6) is 0 Å². The molecular weight excluding hydrogens is 1420 g/mol. The molecular formula is C84H64BBr2IN6O2. The summed E-state index contributed by atoms with van der Waals surface area (Å²) in [6, 6.07) is 108. The van der Waals surface area contributed by atoms with Crippen molar-refractivity contribution in [1.29, 1.82) is 0 Å². The first-order chi connectivity index (χ1) is 46.7. The highest BCUT2D eigenvalue weighted by atomic mass is 127. The molecule has 96 heavy (non-hydrogen) atoms. The Morgan fingerprint density at radius 3 is 0.844 bits per heavy atom. The summed E-state index contributed by atoms with van der Waals surface area (Å²) in [7, 11) is -0.425. The Bertz CT molecular complexity index is 4920. The Morgan fingerprint density at radius 1 is 0.250 bits per heavy atom. The number of nitrogens with zero attached hydrogens (tertiary/aromatic N) is 6. The van der Waals surface area contributed by atoms with Gasteiger partial charge in [0.2, 0.25) is 0 Å². The standard InChI is InChI=1S/C39H34BN3O2.C39H26BrN3.C6H4BrI/c1-38(2)39(3,4)45-40(44-38)34-20-12-18-32(26-34)31-17-11-19-33(25-31)37-42-35(29-15-9-6-10-16-29)41-36(43-37)30-23-21-28(22-24-30)27-13-7-5-8-14-27;40-36-23-21-29(22-24-36)32-13-7-14-33(25-32)34-15-8-16-35(26-34)39-42-37(30-11-5-2-6-12-30)41-38(43-39)31-19-17-28(18-20-31)27-9-3-1-4-10-27;7-5-1-3-6(8)4-2-5/h5-26H,1-4H3;1-26H;1-4H. The van der Waals surface area contributed by atoms with E-state index in [9.17, 15) is 0 Å². The summed E-state index contributed by atoms with van der Waals surface area (Å²) in [4.78, 5) is 29.7. The zero-order valence-corrected chi connectivity index (χ0v) is 58.6. The lowest BCUT2D eigenvalue weighted by Gasteiger charge is -2.32. The molecule has 12 aromatic carbocycles. The SMILES string of the molecule is Brc1ccc(-c2cccc(-c3cccc(-c4nc(-c5ccccc5)nc(-c5ccc(-c6ccccc6)cc5)n4)c3)c2)cc1.Brc1ccc(I)cc1.CC1(C)OB(c2cccc(-c3cccc(-c4nc(-c5ccccc5)nc(-c5ccc(-c6ccccc6)cc5)n4)c3)c2)OC1(C)C. The molecule has 8 nitrogen and oxygen atoms in total. The fraction of sp³-hybridized carbons (Fsp3) is 0.0714. The van der Waals surface area contributed by atoms with Gasteiger partial charge >= 0.3 is 7.12 Å². The van der Waals surface area contributed by atoms with Crippen LogP contribution >= 0.6 is 54.5 Å². The highest BCUT2D eigenvalue weighted by Gasteiger charge is 2.51. The average Bonchev–Trinajstić information content (AvgIpc) is 1.94. The molecule has 3 heterocycles. The second kappa shape index (κ2) is 29.5. The second-order valence-corrected chi connectivity index (χ2v) is 27.2. The normalized spacial score (nSPS) is 12.8. The first-order valence-corrected chi connectivity index (χ1v) is 34.3. The van der Waals surface area contributed by atoms with E-state index in [1.807, 2.05) is 97.1 Å². The Morgan fingerprint density at radius 2 is 0.479 bits per heavy atom. The number of hydrogen-bond acceptors (Lipinski definition) is 8. The third-order valence-corrected chi connectivity index (χ3v) is 18.8.